The van der Waals surface area contributed by atoms with Crippen LogP contribution in [-0.2, 0) is 30.7 Å². The molecule has 4 rings (SSSR count). The molecule has 0 amide bonds. The molecule has 8 nitrogen and oxygen atoms in total. The number of aliphatic hydroxyl groups is 2. The Bertz CT molecular complexity index is 2130. The van der Waals surface area contributed by atoms with Crippen LogP contribution in [0, 0.1) is 0 Å². The Morgan fingerprint density at radius 3 is 1.25 bits per heavy atom. The van der Waals surface area contributed by atoms with E-state index in [0.29, 0.717) is 29.4 Å². The van der Waals surface area contributed by atoms with E-state index in [1.54, 1.807) is 6.92 Å². The molecule has 3 N–H and O–H groups in total. The first-order chi connectivity index (χ1) is 27.3. The van der Waals surface area contributed by atoms with Gasteiger partial charge in [-0.25, -0.2) is 4.79 Å². The molecule has 0 bridgehead atoms. The maximum atomic E-state index is 11.7. The molecule has 0 fully saturated rings. The molecule has 0 radical (unpaired) electrons. The Hall–Kier alpha value is -0.790. The number of halogens is 8. The zero-order chi connectivity index (χ0) is 44.4. The van der Waals surface area contributed by atoms with Gasteiger partial charge < -0.3 is 34.3 Å². The van der Waals surface area contributed by atoms with E-state index in [9.17, 15) is 20.1 Å². The molecule has 0 heterocycles. The number of esters is 1. The Morgan fingerprint density at radius 1 is 0.576 bits per heavy atom. The average molecular weight is 1330 g/mol. The standard InChI is InChI=1S/C43H44Br8O8/c1-21(2)40(55)58-19-26(52)17-56-38-32(48)13-24(14-33(38)49)41(3,4)22-9-28(44)36(29(45)10-22)43(7,8)59-20-27(53)18-57-39-34(50)15-25(16-35(39)51)42(5,6)23-11-30(46)37(54)31(47)12-23/h9-16,26-27,52-54H,1,17-20H2,2-8H3. The quantitative estimate of drug-likeness (QED) is 0.0708. The largest absolute Gasteiger partial charge is 0.506 e. The number of phenols is 1. The molecule has 0 aliphatic heterocycles. The normalized spacial score (nSPS) is 13.2. The van der Waals surface area contributed by atoms with Gasteiger partial charge in [-0.2, -0.15) is 0 Å². The highest BCUT2D eigenvalue weighted by Gasteiger charge is 2.33. The Kier molecular flexibility index (Phi) is 17.9. The fourth-order valence-electron chi connectivity index (χ4n) is 6.01. The second kappa shape index (κ2) is 20.8. The zero-order valence-electron chi connectivity index (χ0n) is 33.2. The van der Waals surface area contributed by atoms with Gasteiger partial charge in [0.1, 0.15) is 49.3 Å². The molecular formula is C43H44Br8O8. The van der Waals surface area contributed by atoms with Crippen molar-refractivity contribution in [2.75, 3.05) is 26.4 Å². The van der Waals surface area contributed by atoms with Gasteiger partial charge >= 0.3 is 5.97 Å². The van der Waals surface area contributed by atoms with Crippen molar-refractivity contribution < 1.29 is 39.1 Å². The van der Waals surface area contributed by atoms with Crippen molar-refractivity contribution in [3.8, 4) is 17.2 Å². The van der Waals surface area contributed by atoms with Crippen LogP contribution >= 0.6 is 127 Å². The molecule has 0 aliphatic carbocycles. The number of aliphatic hydroxyl groups excluding tert-OH is 2. The number of hydrogen-bond acceptors (Lipinski definition) is 8. The summed E-state index contributed by atoms with van der Waals surface area (Å²) < 4.78 is 29.0. The number of carbonyl (C=O) groups excluding carboxylic acids is 1. The highest BCUT2D eigenvalue weighted by atomic mass is 79.9. The highest BCUT2D eigenvalue weighted by molar-refractivity contribution is 9.12. The number of rotatable bonds is 17. The summed E-state index contributed by atoms with van der Waals surface area (Å²) in [5.41, 5.74) is 3.41. The summed E-state index contributed by atoms with van der Waals surface area (Å²) in [5, 5.41) is 31.6. The number of aromatic hydroxyl groups is 1. The third-order valence-electron chi connectivity index (χ3n) is 9.78. The van der Waals surface area contributed by atoms with Gasteiger partial charge in [-0.3, -0.25) is 0 Å². The van der Waals surface area contributed by atoms with Gasteiger partial charge in [-0.15, -0.1) is 0 Å². The van der Waals surface area contributed by atoms with E-state index in [1.165, 1.54) is 0 Å². The van der Waals surface area contributed by atoms with Crippen molar-refractivity contribution in [3.63, 3.8) is 0 Å². The summed E-state index contributed by atoms with van der Waals surface area (Å²) in [5.74, 6) is 0.634. The van der Waals surface area contributed by atoms with Crippen LogP contribution in [0.25, 0.3) is 0 Å². The summed E-state index contributed by atoms with van der Waals surface area (Å²) in [6.07, 6.45) is -1.96. The minimum atomic E-state index is -1.02. The Morgan fingerprint density at radius 2 is 0.898 bits per heavy atom. The second-order valence-corrected chi connectivity index (χ2v) is 22.4. The van der Waals surface area contributed by atoms with Crippen LogP contribution in [0.4, 0.5) is 0 Å². The van der Waals surface area contributed by atoms with Crippen molar-refractivity contribution in [1.82, 2.24) is 0 Å². The van der Waals surface area contributed by atoms with Gasteiger partial charge in [0.05, 0.1) is 39.0 Å². The van der Waals surface area contributed by atoms with Gasteiger partial charge in [0.25, 0.3) is 0 Å². The first kappa shape index (κ1) is 50.9. The molecule has 59 heavy (non-hydrogen) atoms. The van der Waals surface area contributed by atoms with Gasteiger partial charge in [0, 0.05) is 30.9 Å². The Labute approximate surface area is 413 Å². The molecule has 4 aromatic rings. The van der Waals surface area contributed by atoms with Gasteiger partial charge in [0.15, 0.2) is 0 Å². The number of benzene rings is 4. The molecule has 16 heteroatoms. The molecule has 0 aliphatic rings. The molecule has 0 spiro atoms. The van der Waals surface area contributed by atoms with Gasteiger partial charge in [-0.1, -0.05) is 66.1 Å². The number of hydrogen-bond donors (Lipinski definition) is 3. The minimum Gasteiger partial charge on any atom is -0.506 e. The molecule has 0 saturated heterocycles. The summed E-state index contributed by atoms with van der Waals surface area (Å²) in [6, 6.07) is 15.9. The third kappa shape index (κ3) is 12.5. The predicted octanol–water partition coefficient (Wildman–Crippen LogP) is 13.7. The lowest BCUT2D eigenvalue weighted by atomic mass is 9.77. The zero-order valence-corrected chi connectivity index (χ0v) is 45.9. The minimum absolute atomic E-state index is 0.0102. The van der Waals surface area contributed by atoms with Crippen molar-refractivity contribution in [3.05, 3.63) is 124 Å². The van der Waals surface area contributed by atoms with Crippen LogP contribution in [0.2, 0.25) is 0 Å². The molecule has 2 atom stereocenters. The van der Waals surface area contributed by atoms with E-state index < -0.39 is 34.6 Å². The number of carbonyl (C=O) groups is 1. The van der Waals surface area contributed by atoms with Gasteiger partial charge in [-0.05, 0) is 187 Å². The lowest BCUT2D eigenvalue weighted by Gasteiger charge is -2.32. The van der Waals surface area contributed by atoms with Crippen LogP contribution < -0.4 is 9.47 Å². The second-order valence-electron chi connectivity index (χ2n) is 15.5. The highest BCUT2D eigenvalue weighted by Crippen LogP contribution is 2.46. The summed E-state index contributed by atoms with van der Waals surface area (Å²) in [7, 11) is 0. The van der Waals surface area contributed by atoms with Crippen molar-refractivity contribution in [2.45, 2.75) is 77.1 Å². The monoisotopic (exact) mass is 1320 g/mol. The van der Waals surface area contributed by atoms with Crippen LogP contribution in [0.5, 0.6) is 17.2 Å². The smallest absolute Gasteiger partial charge is 0.333 e. The van der Waals surface area contributed by atoms with Gasteiger partial charge in [0.2, 0.25) is 0 Å². The number of ether oxygens (including phenoxy) is 4. The molecule has 0 aromatic heterocycles. The van der Waals surface area contributed by atoms with Crippen LogP contribution in [-0.4, -0.2) is 59.9 Å². The van der Waals surface area contributed by atoms with Crippen LogP contribution in [0.15, 0.2) is 96.5 Å². The molecular weight excluding hydrogens is 1280 g/mol. The van der Waals surface area contributed by atoms with Crippen LogP contribution in [0.1, 0.15) is 76.3 Å². The van der Waals surface area contributed by atoms with E-state index >= 15 is 0 Å². The SMILES string of the molecule is C=C(C)C(=O)OCC(O)COc1c(Br)cc(C(C)(C)c2cc(Br)c(C(C)(C)OCC(O)COc3c(Br)cc(C(C)(C)c4cc(Br)c(O)c(Br)c4)cc3Br)c(Br)c2)cc1Br. The maximum absolute atomic E-state index is 11.7. The lowest BCUT2D eigenvalue weighted by Crippen LogP contribution is -2.31. The van der Waals surface area contributed by atoms with Crippen LogP contribution in [0.3, 0.4) is 0 Å². The summed E-state index contributed by atoms with van der Waals surface area (Å²) in [6.45, 7) is 17.1. The first-order valence-electron chi connectivity index (χ1n) is 18.0. The summed E-state index contributed by atoms with van der Waals surface area (Å²) >= 11 is 29.1. The van der Waals surface area contributed by atoms with E-state index in [-0.39, 0.29) is 37.8 Å². The van der Waals surface area contributed by atoms with Crippen molar-refractivity contribution in [2.24, 2.45) is 0 Å². The average Bonchev–Trinajstić information content (AvgIpc) is 3.13. The lowest BCUT2D eigenvalue weighted by molar-refractivity contribution is -0.142. The Balaban J connectivity index is 1.42. The summed E-state index contributed by atoms with van der Waals surface area (Å²) in [4.78, 5) is 11.7. The third-order valence-corrected chi connectivity index (χ3v) is 14.6. The molecule has 320 valence electrons. The van der Waals surface area contributed by atoms with E-state index in [2.05, 4.69) is 174 Å². The number of phenolic OH excluding ortho intramolecular Hbond substituents is 1. The molecule has 0 saturated carbocycles. The maximum Gasteiger partial charge on any atom is 0.333 e. The predicted molar refractivity (Wildman–Crippen MR) is 261 cm³/mol. The fourth-order valence-corrected chi connectivity index (χ4v) is 12.2. The fraction of sp³-hybridized carbons (Fsp3) is 0.372. The first-order valence-corrected chi connectivity index (χ1v) is 24.4. The van der Waals surface area contributed by atoms with Crippen molar-refractivity contribution in [1.29, 1.82) is 0 Å². The van der Waals surface area contributed by atoms with E-state index in [4.69, 9.17) is 18.9 Å². The molecule has 2 unspecified atom stereocenters. The topological polar surface area (TPSA) is 115 Å². The van der Waals surface area contributed by atoms with Crippen molar-refractivity contribution >= 4 is 133 Å². The van der Waals surface area contributed by atoms with E-state index in [1.807, 2.05) is 50.2 Å². The molecule has 4 aromatic carbocycles. The van der Waals surface area contributed by atoms with E-state index in [0.717, 1.165) is 45.7 Å².